The standard InChI is InChI=1S/C3H6O3S2.H2S/c1-2-3-6-8(4,5)7;/h2H,1,3H2,(H,4,5,7);1H2. The Bertz CT molecular complexity index is 159. The molecule has 0 saturated carbocycles. The van der Waals surface area contributed by atoms with E-state index in [0.29, 0.717) is 0 Å². The maximum atomic E-state index is 10.0. The van der Waals surface area contributed by atoms with Crippen LogP contribution in [0.3, 0.4) is 0 Å². The molecule has 0 amide bonds. The molecule has 3 nitrogen and oxygen atoms in total. The first-order valence-electron chi connectivity index (χ1n) is 1.79. The van der Waals surface area contributed by atoms with Gasteiger partial charge in [-0.1, -0.05) is 6.08 Å². The second-order valence-electron chi connectivity index (χ2n) is 1.00. The van der Waals surface area contributed by atoms with E-state index in [9.17, 15) is 4.21 Å². The minimum Gasteiger partial charge on any atom is -0.285 e. The van der Waals surface area contributed by atoms with Gasteiger partial charge in [-0.2, -0.15) is 17.7 Å². The van der Waals surface area contributed by atoms with Gasteiger partial charge in [0.2, 0.25) is 0 Å². The van der Waals surface area contributed by atoms with E-state index in [4.69, 9.17) is 4.55 Å². The minimum atomic E-state index is -3.42. The van der Waals surface area contributed by atoms with Crippen LogP contribution >= 0.6 is 13.5 Å². The van der Waals surface area contributed by atoms with Gasteiger partial charge < -0.3 is 0 Å². The van der Waals surface area contributed by atoms with Gasteiger partial charge >= 0.3 is 0 Å². The van der Waals surface area contributed by atoms with Crippen molar-refractivity contribution in [2.24, 2.45) is 0 Å². The molecule has 0 radical (unpaired) electrons. The Hall–Kier alpha value is 0.380. The molecule has 0 saturated heterocycles. The van der Waals surface area contributed by atoms with Gasteiger partial charge in [0.05, 0.1) is 6.61 Å². The van der Waals surface area contributed by atoms with Gasteiger partial charge in [0, 0.05) is 11.2 Å². The van der Waals surface area contributed by atoms with Gasteiger partial charge in [0.25, 0.3) is 9.05 Å². The van der Waals surface area contributed by atoms with E-state index in [-0.39, 0.29) is 20.1 Å². The van der Waals surface area contributed by atoms with Gasteiger partial charge in [-0.15, -0.1) is 6.58 Å². The van der Waals surface area contributed by atoms with E-state index in [0.717, 1.165) is 0 Å². The Balaban J connectivity index is 0. The molecular formula is C3H8O3S3. The summed E-state index contributed by atoms with van der Waals surface area (Å²) in [7, 11) is -3.42. The Kier molecular flexibility index (Phi) is 6.97. The molecule has 1 atom stereocenters. The summed E-state index contributed by atoms with van der Waals surface area (Å²) in [6.45, 7) is 3.27. The molecule has 0 aliphatic rings. The number of hydrogen-bond acceptors (Lipinski definition) is 3. The molecule has 0 aliphatic carbocycles. The van der Waals surface area contributed by atoms with Crippen LogP contribution in [0.25, 0.3) is 0 Å². The zero-order chi connectivity index (χ0) is 6.62. The third-order valence-corrected chi connectivity index (χ3v) is 1.06. The average molecular weight is 188 g/mol. The molecule has 0 aliphatic heterocycles. The lowest BCUT2D eigenvalue weighted by atomic mass is 10.7. The van der Waals surface area contributed by atoms with Crippen molar-refractivity contribution in [3.8, 4) is 0 Å². The van der Waals surface area contributed by atoms with Gasteiger partial charge in [-0.25, -0.2) is 0 Å². The van der Waals surface area contributed by atoms with Crippen LogP contribution in [-0.2, 0) is 24.4 Å². The fourth-order valence-corrected chi connectivity index (χ4v) is 0.569. The van der Waals surface area contributed by atoms with Crippen molar-refractivity contribution < 1.29 is 12.9 Å². The fourth-order valence-electron chi connectivity index (χ4n) is 0.134. The van der Waals surface area contributed by atoms with E-state index in [1.54, 1.807) is 0 Å². The maximum absolute atomic E-state index is 10.0. The Labute approximate surface area is 66.3 Å². The zero-order valence-electron chi connectivity index (χ0n) is 4.57. The summed E-state index contributed by atoms with van der Waals surface area (Å²) >= 11 is 3.96. The maximum Gasteiger partial charge on any atom is 0.266 e. The molecule has 0 aromatic heterocycles. The van der Waals surface area contributed by atoms with Crippen LogP contribution in [0, 0.1) is 0 Å². The van der Waals surface area contributed by atoms with Crippen LogP contribution < -0.4 is 0 Å². The van der Waals surface area contributed by atoms with Crippen molar-refractivity contribution >= 4 is 33.7 Å². The first kappa shape index (κ1) is 12.1. The molecule has 0 spiro atoms. The van der Waals surface area contributed by atoms with Gasteiger partial charge in [0.15, 0.2) is 0 Å². The SMILES string of the molecule is C=CCOS(=O)(O)=S.S. The number of hydrogen-bond donors (Lipinski definition) is 1. The molecule has 1 unspecified atom stereocenters. The monoisotopic (exact) mass is 188 g/mol. The summed E-state index contributed by atoms with van der Waals surface area (Å²) in [5, 5.41) is 0. The molecule has 6 heteroatoms. The van der Waals surface area contributed by atoms with Gasteiger partial charge in [-0.3, -0.25) is 8.74 Å². The molecule has 1 N–H and O–H groups in total. The van der Waals surface area contributed by atoms with Crippen LogP contribution in [0.15, 0.2) is 12.7 Å². The normalized spacial score (nSPS) is 15.2. The second-order valence-corrected chi connectivity index (χ2v) is 3.36. The lowest BCUT2D eigenvalue weighted by Crippen LogP contribution is -2.00. The highest BCUT2D eigenvalue weighted by Gasteiger charge is 1.93. The Morgan fingerprint density at radius 2 is 2.33 bits per heavy atom. The molecule has 0 fully saturated rings. The minimum absolute atomic E-state index is 0. The van der Waals surface area contributed by atoms with E-state index < -0.39 is 9.05 Å². The van der Waals surface area contributed by atoms with E-state index in [2.05, 4.69) is 22.0 Å². The molecule has 9 heavy (non-hydrogen) atoms. The van der Waals surface area contributed by atoms with Crippen molar-refractivity contribution in [3.63, 3.8) is 0 Å². The summed E-state index contributed by atoms with van der Waals surface area (Å²) in [5.41, 5.74) is 0. The predicted octanol–water partition coefficient (Wildman–Crippen LogP) is 0.436. The quantitative estimate of drug-likeness (QED) is 0.653. The van der Waals surface area contributed by atoms with E-state index >= 15 is 0 Å². The molecule has 0 heterocycles. The molecule has 56 valence electrons. The Morgan fingerprint density at radius 3 is 2.44 bits per heavy atom. The number of rotatable bonds is 3. The third kappa shape index (κ3) is 11.8. The lowest BCUT2D eigenvalue weighted by Gasteiger charge is -1.93. The average Bonchev–Trinajstić information content (AvgIpc) is 1.59. The van der Waals surface area contributed by atoms with E-state index in [1.807, 2.05) is 0 Å². The van der Waals surface area contributed by atoms with Crippen molar-refractivity contribution in [1.29, 1.82) is 0 Å². The molecule has 0 aromatic carbocycles. The summed E-state index contributed by atoms with van der Waals surface area (Å²) in [4.78, 5) is 0. The summed E-state index contributed by atoms with van der Waals surface area (Å²) in [6, 6.07) is 0. The molecular weight excluding hydrogens is 180 g/mol. The first-order chi connectivity index (χ1) is 3.56. The molecule has 0 bridgehead atoms. The summed E-state index contributed by atoms with van der Waals surface area (Å²) < 4.78 is 22.4. The molecule has 0 aromatic rings. The van der Waals surface area contributed by atoms with Crippen LogP contribution in [0.4, 0.5) is 0 Å². The van der Waals surface area contributed by atoms with Crippen LogP contribution in [0.5, 0.6) is 0 Å². The first-order valence-corrected chi connectivity index (χ1v) is 4.15. The van der Waals surface area contributed by atoms with Crippen LogP contribution in [0.1, 0.15) is 0 Å². The highest BCUT2D eigenvalue weighted by atomic mass is 32.9. The van der Waals surface area contributed by atoms with Crippen molar-refractivity contribution in [1.82, 2.24) is 0 Å². The van der Waals surface area contributed by atoms with E-state index in [1.165, 1.54) is 6.08 Å². The summed E-state index contributed by atoms with van der Waals surface area (Å²) in [5.74, 6) is 0. The van der Waals surface area contributed by atoms with Crippen molar-refractivity contribution in [2.45, 2.75) is 0 Å². The highest BCUT2D eigenvalue weighted by molar-refractivity contribution is 8.27. The van der Waals surface area contributed by atoms with Crippen LogP contribution in [-0.4, -0.2) is 15.4 Å². The van der Waals surface area contributed by atoms with Crippen molar-refractivity contribution in [3.05, 3.63) is 12.7 Å². The largest absolute Gasteiger partial charge is 0.285 e. The fraction of sp³-hybridized carbons (Fsp3) is 0.333. The van der Waals surface area contributed by atoms with Gasteiger partial charge in [-0.05, 0) is 0 Å². The lowest BCUT2D eigenvalue weighted by molar-refractivity contribution is 0.340. The highest BCUT2D eigenvalue weighted by Crippen LogP contribution is 1.84. The smallest absolute Gasteiger partial charge is 0.266 e. The topological polar surface area (TPSA) is 46.5 Å². The molecule has 0 rings (SSSR count). The second kappa shape index (κ2) is 5.19. The van der Waals surface area contributed by atoms with Gasteiger partial charge in [0.1, 0.15) is 0 Å². The van der Waals surface area contributed by atoms with Crippen molar-refractivity contribution in [2.75, 3.05) is 6.61 Å². The zero-order valence-corrected chi connectivity index (χ0v) is 7.20. The third-order valence-electron chi connectivity index (χ3n) is 0.335. The van der Waals surface area contributed by atoms with Crippen LogP contribution in [0.2, 0.25) is 0 Å². The predicted molar refractivity (Wildman–Crippen MR) is 44.7 cm³/mol. The Morgan fingerprint density at radius 1 is 1.89 bits per heavy atom. The summed E-state index contributed by atoms with van der Waals surface area (Å²) in [6.07, 6.45) is 1.35.